The first-order valence-corrected chi connectivity index (χ1v) is 2.82. The molecule has 0 radical (unpaired) electrons. The molecule has 0 amide bonds. The first kappa shape index (κ1) is 7.05. The minimum absolute atomic E-state index is 0.128. The van der Waals surface area contributed by atoms with Crippen LogP contribution >= 0.6 is 0 Å². The number of allylic oxidation sites excluding steroid dienone is 1. The molecule has 10 heavy (non-hydrogen) atoms. The molecule has 0 bridgehead atoms. The summed E-state index contributed by atoms with van der Waals surface area (Å²) in [5, 5.41) is 0. The van der Waals surface area contributed by atoms with Crippen LogP contribution in [0.15, 0.2) is 23.8 Å². The van der Waals surface area contributed by atoms with E-state index in [4.69, 9.17) is 5.73 Å². The maximum atomic E-state index is 12.6. The van der Waals surface area contributed by atoms with Gasteiger partial charge in [0, 0.05) is 18.8 Å². The van der Waals surface area contributed by atoms with E-state index in [2.05, 4.69) is 0 Å². The van der Waals surface area contributed by atoms with Gasteiger partial charge in [-0.1, -0.05) is 0 Å². The second kappa shape index (κ2) is 2.28. The normalized spacial score (nSPS) is 25.9. The third-order valence-corrected chi connectivity index (χ3v) is 1.32. The fourth-order valence-electron chi connectivity index (χ4n) is 0.676. The minimum atomic E-state index is -1.44. The van der Waals surface area contributed by atoms with Crippen LogP contribution in [0.3, 0.4) is 0 Å². The molecule has 2 N–H and O–H groups in total. The molecule has 56 valence electrons. The Morgan fingerprint density at radius 1 is 1.70 bits per heavy atom. The summed E-state index contributed by atoms with van der Waals surface area (Å²) in [5.41, 5.74) is 5.28. The summed E-state index contributed by atoms with van der Waals surface area (Å²) >= 11 is 0. The molecule has 4 heteroatoms. The molecule has 0 aromatic carbocycles. The molecule has 1 unspecified atom stereocenters. The Kier molecular flexibility index (Phi) is 1.61. The fourth-order valence-corrected chi connectivity index (χ4v) is 0.676. The highest BCUT2D eigenvalue weighted by atomic mass is 19.2. The number of rotatable bonds is 0. The van der Waals surface area contributed by atoms with Gasteiger partial charge in [-0.05, 0) is 6.08 Å². The van der Waals surface area contributed by atoms with Crippen LogP contribution in [0.2, 0.25) is 0 Å². The summed E-state index contributed by atoms with van der Waals surface area (Å²) in [6, 6.07) is 0. The number of likely N-dealkylation sites (N-methyl/N-ethyl adjacent to an activating group) is 1. The molecule has 1 aliphatic heterocycles. The second-order valence-corrected chi connectivity index (χ2v) is 2.12. The van der Waals surface area contributed by atoms with E-state index in [1.54, 1.807) is 0 Å². The van der Waals surface area contributed by atoms with Gasteiger partial charge in [-0.3, -0.25) is 0 Å². The maximum absolute atomic E-state index is 12.6. The zero-order chi connectivity index (χ0) is 7.72. The zero-order valence-electron chi connectivity index (χ0n) is 5.51. The predicted molar refractivity (Wildman–Crippen MR) is 34.1 cm³/mol. The molecule has 0 saturated carbocycles. The molecule has 0 aliphatic carbocycles. The van der Waals surface area contributed by atoms with Crippen molar-refractivity contribution in [2.75, 3.05) is 7.05 Å². The standard InChI is InChI=1S/C6H8F2N2/c1-10-5(7)2-4(9)3-6(10)8/h2-3,5H,9H2,1H3. The average Bonchev–Trinajstić information content (AvgIpc) is 1.82. The highest BCUT2D eigenvalue weighted by Crippen LogP contribution is 2.17. The lowest BCUT2D eigenvalue weighted by molar-refractivity contribution is 0.154. The van der Waals surface area contributed by atoms with Gasteiger partial charge in [0.2, 0.25) is 0 Å². The third-order valence-electron chi connectivity index (χ3n) is 1.32. The number of hydrogen-bond donors (Lipinski definition) is 1. The van der Waals surface area contributed by atoms with Crippen LogP contribution in [0, 0.1) is 0 Å². The van der Waals surface area contributed by atoms with Gasteiger partial charge in [-0.15, -0.1) is 0 Å². The molecule has 0 fully saturated rings. The summed E-state index contributed by atoms with van der Waals surface area (Å²) in [7, 11) is 1.32. The van der Waals surface area contributed by atoms with E-state index in [0.717, 1.165) is 17.1 Å². The lowest BCUT2D eigenvalue weighted by Crippen LogP contribution is -2.28. The molecule has 0 saturated heterocycles. The Balaban J connectivity index is 2.85. The van der Waals surface area contributed by atoms with E-state index < -0.39 is 12.2 Å². The molecule has 0 aromatic heterocycles. The minimum Gasteiger partial charge on any atom is -0.399 e. The maximum Gasteiger partial charge on any atom is 0.195 e. The van der Waals surface area contributed by atoms with Gasteiger partial charge in [0.25, 0.3) is 0 Å². The molecule has 2 nitrogen and oxygen atoms in total. The molecule has 0 aromatic rings. The van der Waals surface area contributed by atoms with Crippen molar-refractivity contribution in [2.45, 2.75) is 6.30 Å². The highest BCUT2D eigenvalue weighted by molar-refractivity contribution is 5.22. The van der Waals surface area contributed by atoms with Gasteiger partial charge in [-0.25, -0.2) is 4.39 Å². The van der Waals surface area contributed by atoms with Crippen LogP contribution in [-0.2, 0) is 0 Å². The van der Waals surface area contributed by atoms with Crippen molar-refractivity contribution in [2.24, 2.45) is 5.73 Å². The van der Waals surface area contributed by atoms with E-state index >= 15 is 0 Å². The Morgan fingerprint density at radius 3 is 2.80 bits per heavy atom. The van der Waals surface area contributed by atoms with Gasteiger partial charge in [-0.2, -0.15) is 4.39 Å². The second-order valence-electron chi connectivity index (χ2n) is 2.12. The number of nitrogens with zero attached hydrogens (tertiary/aromatic N) is 1. The van der Waals surface area contributed by atoms with Gasteiger partial charge in [0.1, 0.15) is 0 Å². The van der Waals surface area contributed by atoms with E-state index in [9.17, 15) is 8.78 Å². The SMILES string of the molecule is CN1C(F)=CC(N)=CC1F. The van der Waals surface area contributed by atoms with E-state index in [1.165, 1.54) is 7.05 Å². The van der Waals surface area contributed by atoms with Gasteiger partial charge in [0.05, 0.1) is 0 Å². The lowest BCUT2D eigenvalue weighted by atomic mass is 10.3. The number of halogens is 2. The molecular weight excluding hydrogens is 138 g/mol. The summed E-state index contributed by atoms with van der Waals surface area (Å²) < 4.78 is 25.1. The van der Waals surface area contributed by atoms with Crippen molar-refractivity contribution in [3.05, 3.63) is 23.8 Å². The predicted octanol–water partition coefficient (Wildman–Crippen LogP) is 0.881. The van der Waals surface area contributed by atoms with Gasteiger partial charge >= 0.3 is 0 Å². The smallest absolute Gasteiger partial charge is 0.195 e. The van der Waals surface area contributed by atoms with Crippen LogP contribution in [0.1, 0.15) is 0 Å². The zero-order valence-corrected chi connectivity index (χ0v) is 5.51. The lowest BCUT2D eigenvalue weighted by Gasteiger charge is -2.22. The molecule has 1 heterocycles. The van der Waals surface area contributed by atoms with Crippen molar-refractivity contribution >= 4 is 0 Å². The Morgan fingerprint density at radius 2 is 2.30 bits per heavy atom. The van der Waals surface area contributed by atoms with E-state index in [0.29, 0.717) is 0 Å². The Bertz CT molecular complexity index is 198. The van der Waals surface area contributed by atoms with Crippen LogP contribution in [0.25, 0.3) is 0 Å². The molecular formula is C6H8F2N2. The van der Waals surface area contributed by atoms with Crippen LogP contribution in [0.5, 0.6) is 0 Å². The van der Waals surface area contributed by atoms with Crippen molar-refractivity contribution in [1.82, 2.24) is 4.90 Å². The fraction of sp³-hybridized carbons (Fsp3) is 0.333. The largest absolute Gasteiger partial charge is 0.399 e. The molecule has 1 atom stereocenters. The van der Waals surface area contributed by atoms with Crippen LogP contribution in [-0.4, -0.2) is 18.2 Å². The van der Waals surface area contributed by atoms with Crippen molar-refractivity contribution in [3.8, 4) is 0 Å². The molecule has 1 rings (SSSR count). The Hall–Kier alpha value is -1.06. The van der Waals surface area contributed by atoms with Crippen molar-refractivity contribution < 1.29 is 8.78 Å². The van der Waals surface area contributed by atoms with Gasteiger partial charge < -0.3 is 10.6 Å². The third kappa shape index (κ3) is 1.10. The Labute approximate surface area is 57.6 Å². The number of hydrogen-bond acceptors (Lipinski definition) is 2. The van der Waals surface area contributed by atoms with Gasteiger partial charge in [0.15, 0.2) is 12.2 Å². The first-order chi connectivity index (χ1) is 4.61. The van der Waals surface area contributed by atoms with Crippen LogP contribution in [0.4, 0.5) is 8.78 Å². The summed E-state index contributed by atoms with van der Waals surface area (Å²) in [6.45, 7) is 0. The number of alkyl halides is 1. The summed E-state index contributed by atoms with van der Waals surface area (Å²) in [6.07, 6.45) is 0.782. The van der Waals surface area contributed by atoms with E-state index in [-0.39, 0.29) is 5.70 Å². The topological polar surface area (TPSA) is 29.3 Å². The van der Waals surface area contributed by atoms with Crippen molar-refractivity contribution in [3.63, 3.8) is 0 Å². The van der Waals surface area contributed by atoms with Crippen molar-refractivity contribution in [1.29, 1.82) is 0 Å². The quantitative estimate of drug-likeness (QED) is 0.514. The first-order valence-electron chi connectivity index (χ1n) is 2.82. The number of nitrogens with two attached hydrogens (primary N) is 1. The van der Waals surface area contributed by atoms with Crippen LogP contribution < -0.4 is 5.73 Å². The molecule has 0 spiro atoms. The summed E-state index contributed by atoms with van der Waals surface area (Å²) in [5.74, 6) is -0.646. The van der Waals surface area contributed by atoms with E-state index in [1.807, 2.05) is 0 Å². The average molecular weight is 146 g/mol. The molecule has 1 aliphatic rings. The highest BCUT2D eigenvalue weighted by Gasteiger charge is 2.17. The monoisotopic (exact) mass is 146 g/mol. The summed E-state index contributed by atoms with van der Waals surface area (Å²) in [4.78, 5) is 0.858.